The summed E-state index contributed by atoms with van der Waals surface area (Å²) in [7, 11) is 0. The van der Waals surface area contributed by atoms with Gasteiger partial charge in [0.1, 0.15) is 18.1 Å². The van der Waals surface area contributed by atoms with Gasteiger partial charge < -0.3 is 32.5 Å². The Balaban J connectivity index is 4.80. The van der Waals surface area contributed by atoms with Crippen molar-refractivity contribution < 1.29 is 24.3 Å². The summed E-state index contributed by atoms with van der Waals surface area (Å²) in [5, 5.41) is 16.7. The van der Waals surface area contributed by atoms with Crippen LogP contribution in [0, 0.1) is 11.8 Å². The minimum absolute atomic E-state index is 0.131. The fourth-order valence-electron chi connectivity index (χ4n) is 2.48. The summed E-state index contributed by atoms with van der Waals surface area (Å²) in [6.07, 6.45) is 0.791. The number of carbonyl (C=O) groups is 4. The molecule has 0 bridgehead atoms. The minimum Gasteiger partial charge on any atom is -0.394 e. The van der Waals surface area contributed by atoms with Gasteiger partial charge in [-0.25, -0.2) is 0 Å². The molecule has 0 rings (SSSR count). The molecule has 0 aromatic carbocycles. The van der Waals surface area contributed by atoms with Crippen LogP contribution in [0.1, 0.15) is 47.5 Å². The molecule has 0 aliphatic rings. The number of rotatable bonds is 12. The first-order valence-electron chi connectivity index (χ1n) is 9.45. The molecular formula is C18H35N5O5. The monoisotopic (exact) mass is 401 g/mol. The molecule has 4 atom stereocenters. The van der Waals surface area contributed by atoms with Crippen molar-refractivity contribution in [2.45, 2.75) is 71.6 Å². The predicted molar refractivity (Wildman–Crippen MR) is 105 cm³/mol. The van der Waals surface area contributed by atoms with Gasteiger partial charge >= 0.3 is 0 Å². The standard InChI is InChI=1S/C18H35N5O5/c1-9(2)6-12(19)17(27)23-14(8-24)18(28)21-11(5)16(26)22-13(15(20)25)7-10(3)4/h9-14,24H,6-8,19H2,1-5H3,(H2,20,25)(H,21,28)(H,22,26)(H,23,27). The Hall–Kier alpha value is -2.20. The van der Waals surface area contributed by atoms with Gasteiger partial charge in [-0.05, 0) is 31.6 Å². The minimum atomic E-state index is -1.25. The molecular weight excluding hydrogens is 366 g/mol. The molecule has 0 fully saturated rings. The van der Waals surface area contributed by atoms with Crippen molar-refractivity contribution in [3.63, 3.8) is 0 Å². The zero-order valence-electron chi connectivity index (χ0n) is 17.3. The Kier molecular flexibility index (Phi) is 11.3. The number of hydrogen-bond donors (Lipinski definition) is 6. The lowest BCUT2D eigenvalue weighted by atomic mass is 10.0. The lowest BCUT2D eigenvalue weighted by Gasteiger charge is -2.23. The molecule has 28 heavy (non-hydrogen) atoms. The number of amides is 4. The average Bonchev–Trinajstić information content (AvgIpc) is 2.57. The van der Waals surface area contributed by atoms with Gasteiger partial charge in [0, 0.05) is 0 Å². The van der Waals surface area contributed by atoms with E-state index >= 15 is 0 Å². The maximum absolute atomic E-state index is 12.3. The second-order valence-corrected chi connectivity index (χ2v) is 7.80. The maximum atomic E-state index is 12.3. The third kappa shape index (κ3) is 9.65. The predicted octanol–water partition coefficient (Wildman–Crippen LogP) is -1.64. The third-order valence-electron chi connectivity index (χ3n) is 4.00. The second-order valence-electron chi connectivity index (χ2n) is 7.80. The molecule has 0 radical (unpaired) electrons. The molecule has 0 heterocycles. The van der Waals surface area contributed by atoms with Crippen LogP contribution in [0.4, 0.5) is 0 Å². The van der Waals surface area contributed by atoms with Gasteiger partial charge in [0.25, 0.3) is 0 Å². The topological polar surface area (TPSA) is 177 Å². The lowest BCUT2D eigenvalue weighted by Crippen LogP contribution is -2.57. The Morgan fingerprint density at radius 1 is 0.786 bits per heavy atom. The molecule has 0 aromatic heterocycles. The van der Waals surface area contributed by atoms with Crippen molar-refractivity contribution >= 4 is 23.6 Å². The van der Waals surface area contributed by atoms with Gasteiger partial charge in [0.2, 0.25) is 23.6 Å². The van der Waals surface area contributed by atoms with E-state index < -0.39 is 54.4 Å². The van der Waals surface area contributed by atoms with Gasteiger partial charge in [0.05, 0.1) is 12.6 Å². The van der Waals surface area contributed by atoms with Crippen LogP contribution in [0.15, 0.2) is 0 Å². The van der Waals surface area contributed by atoms with Crippen LogP contribution in [-0.4, -0.2) is 59.5 Å². The summed E-state index contributed by atoms with van der Waals surface area (Å²) >= 11 is 0. The number of nitrogens with two attached hydrogens (primary N) is 2. The summed E-state index contributed by atoms with van der Waals surface area (Å²) in [6, 6.07) is -3.91. The first-order chi connectivity index (χ1) is 12.9. The van der Waals surface area contributed by atoms with Crippen LogP contribution in [-0.2, 0) is 19.2 Å². The first kappa shape index (κ1) is 25.8. The molecule has 10 nitrogen and oxygen atoms in total. The van der Waals surface area contributed by atoms with Crippen LogP contribution in [0.5, 0.6) is 0 Å². The van der Waals surface area contributed by atoms with Crippen molar-refractivity contribution in [1.29, 1.82) is 0 Å². The summed E-state index contributed by atoms with van der Waals surface area (Å²) in [5.41, 5.74) is 11.0. The zero-order valence-corrected chi connectivity index (χ0v) is 17.3. The molecule has 0 aliphatic heterocycles. The van der Waals surface area contributed by atoms with Crippen molar-refractivity contribution in [2.24, 2.45) is 23.3 Å². The van der Waals surface area contributed by atoms with E-state index in [-0.39, 0.29) is 11.8 Å². The number of nitrogens with one attached hydrogen (secondary N) is 3. The number of carbonyl (C=O) groups excluding carboxylic acids is 4. The summed E-state index contributed by atoms with van der Waals surface area (Å²) < 4.78 is 0. The molecule has 0 saturated carbocycles. The number of primary amides is 1. The highest BCUT2D eigenvalue weighted by Crippen LogP contribution is 2.05. The molecule has 4 unspecified atom stereocenters. The highest BCUT2D eigenvalue weighted by molar-refractivity contribution is 5.94. The third-order valence-corrected chi connectivity index (χ3v) is 4.00. The van der Waals surface area contributed by atoms with Gasteiger partial charge in [-0.2, -0.15) is 0 Å². The molecule has 0 spiro atoms. The normalized spacial score (nSPS) is 15.5. The molecule has 10 heteroatoms. The van der Waals surface area contributed by atoms with Crippen LogP contribution in [0.3, 0.4) is 0 Å². The van der Waals surface area contributed by atoms with Crippen molar-refractivity contribution in [2.75, 3.05) is 6.61 Å². The Morgan fingerprint density at radius 3 is 1.71 bits per heavy atom. The lowest BCUT2D eigenvalue weighted by molar-refractivity contribution is -0.134. The molecule has 162 valence electrons. The highest BCUT2D eigenvalue weighted by atomic mass is 16.3. The van der Waals surface area contributed by atoms with E-state index in [2.05, 4.69) is 16.0 Å². The average molecular weight is 402 g/mol. The van der Waals surface area contributed by atoms with Crippen LogP contribution < -0.4 is 27.4 Å². The quantitative estimate of drug-likeness (QED) is 0.228. The van der Waals surface area contributed by atoms with E-state index in [0.717, 1.165) is 0 Å². The molecule has 8 N–H and O–H groups in total. The van der Waals surface area contributed by atoms with Crippen LogP contribution >= 0.6 is 0 Å². The van der Waals surface area contributed by atoms with E-state index in [1.165, 1.54) is 6.92 Å². The number of hydrogen-bond acceptors (Lipinski definition) is 6. The Morgan fingerprint density at radius 2 is 1.29 bits per heavy atom. The van der Waals surface area contributed by atoms with Crippen LogP contribution in [0.25, 0.3) is 0 Å². The van der Waals surface area contributed by atoms with Gasteiger partial charge in [-0.15, -0.1) is 0 Å². The second kappa shape index (κ2) is 12.3. The smallest absolute Gasteiger partial charge is 0.245 e. The Bertz CT molecular complexity index is 552. The molecule has 0 aromatic rings. The number of aliphatic hydroxyl groups excluding tert-OH is 1. The van der Waals surface area contributed by atoms with E-state index in [4.69, 9.17) is 11.5 Å². The fraction of sp³-hybridized carbons (Fsp3) is 0.778. The SMILES string of the molecule is CC(C)CC(N)C(=O)NC(CO)C(=O)NC(C)C(=O)NC(CC(C)C)C(N)=O. The largest absolute Gasteiger partial charge is 0.394 e. The molecule has 0 saturated heterocycles. The van der Waals surface area contributed by atoms with Crippen LogP contribution in [0.2, 0.25) is 0 Å². The van der Waals surface area contributed by atoms with E-state index in [0.29, 0.717) is 12.8 Å². The van der Waals surface area contributed by atoms with E-state index in [1.54, 1.807) is 0 Å². The zero-order chi connectivity index (χ0) is 22.0. The van der Waals surface area contributed by atoms with Gasteiger partial charge in [-0.1, -0.05) is 27.7 Å². The van der Waals surface area contributed by atoms with Crippen molar-refractivity contribution in [3.8, 4) is 0 Å². The molecule has 4 amide bonds. The van der Waals surface area contributed by atoms with E-state index in [1.807, 2.05) is 27.7 Å². The van der Waals surface area contributed by atoms with Gasteiger partial charge in [0.15, 0.2) is 0 Å². The summed E-state index contributed by atoms with van der Waals surface area (Å²) in [4.78, 5) is 48.0. The van der Waals surface area contributed by atoms with E-state index in [9.17, 15) is 24.3 Å². The number of aliphatic hydroxyl groups is 1. The fourth-order valence-corrected chi connectivity index (χ4v) is 2.48. The Labute approximate surface area is 166 Å². The summed E-state index contributed by atoms with van der Waals surface area (Å²) in [5.74, 6) is -2.25. The van der Waals surface area contributed by atoms with Crippen molar-refractivity contribution in [1.82, 2.24) is 16.0 Å². The first-order valence-corrected chi connectivity index (χ1v) is 9.45. The van der Waals surface area contributed by atoms with Gasteiger partial charge in [-0.3, -0.25) is 19.2 Å². The maximum Gasteiger partial charge on any atom is 0.245 e. The molecule has 0 aliphatic carbocycles. The highest BCUT2D eigenvalue weighted by Gasteiger charge is 2.27. The van der Waals surface area contributed by atoms with Crippen molar-refractivity contribution in [3.05, 3.63) is 0 Å². The summed E-state index contributed by atoms with van der Waals surface area (Å²) in [6.45, 7) is 8.33.